The van der Waals surface area contributed by atoms with E-state index in [0.717, 1.165) is 35.1 Å². The van der Waals surface area contributed by atoms with Crippen LogP contribution in [0.15, 0.2) is 17.4 Å². The molecule has 100 valence electrons. The summed E-state index contributed by atoms with van der Waals surface area (Å²) in [5, 5.41) is 17.9. The van der Waals surface area contributed by atoms with E-state index in [0.29, 0.717) is 0 Å². The third-order valence-corrected chi connectivity index (χ3v) is 4.78. The van der Waals surface area contributed by atoms with Crippen LogP contribution in [0.3, 0.4) is 0 Å². The molecule has 1 aliphatic carbocycles. The first-order chi connectivity index (χ1) is 9.10. The van der Waals surface area contributed by atoms with Crippen LogP contribution in [-0.4, -0.2) is 36.4 Å². The molecule has 0 saturated heterocycles. The van der Waals surface area contributed by atoms with Gasteiger partial charge in [0.25, 0.3) is 0 Å². The van der Waals surface area contributed by atoms with Crippen molar-refractivity contribution < 1.29 is 9.90 Å². The number of carboxylic acids is 1. The van der Waals surface area contributed by atoms with E-state index in [4.69, 9.17) is 5.11 Å². The van der Waals surface area contributed by atoms with Crippen molar-refractivity contribution in [3.05, 3.63) is 18.2 Å². The fraction of sp³-hybridized carbons (Fsp3) is 0.500. The summed E-state index contributed by atoms with van der Waals surface area (Å²) in [6.45, 7) is 1.89. The SMILES string of the molecule is Cc1nnc2c(SCC3(CC(=O)O)CC3)nccn12. The van der Waals surface area contributed by atoms with Crippen LogP contribution in [-0.2, 0) is 4.79 Å². The number of carbonyl (C=O) groups is 1. The van der Waals surface area contributed by atoms with Gasteiger partial charge in [-0.05, 0) is 25.2 Å². The minimum absolute atomic E-state index is 0.0416. The van der Waals surface area contributed by atoms with Gasteiger partial charge in [-0.2, -0.15) is 0 Å². The van der Waals surface area contributed by atoms with Gasteiger partial charge < -0.3 is 5.11 Å². The van der Waals surface area contributed by atoms with Crippen molar-refractivity contribution in [3.8, 4) is 0 Å². The molecular formula is C12H14N4O2S. The van der Waals surface area contributed by atoms with Crippen molar-refractivity contribution in [2.24, 2.45) is 5.41 Å². The van der Waals surface area contributed by atoms with Crippen LogP contribution in [0.5, 0.6) is 0 Å². The lowest BCUT2D eigenvalue weighted by molar-refractivity contribution is -0.138. The third kappa shape index (κ3) is 2.42. The number of fused-ring (bicyclic) bond motifs is 1. The van der Waals surface area contributed by atoms with Crippen LogP contribution in [0, 0.1) is 12.3 Å². The Morgan fingerprint density at radius 3 is 3.00 bits per heavy atom. The molecule has 1 saturated carbocycles. The van der Waals surface area contributed by atoms with Gasteiger partial charge in [-0.1, -0.05) is 0 Å². The van der Waals surface area contributed by atoms with Crippen molar-refractivity contribution in [3.63, 3.8) is 0 Å². The highest BCUT2D eigenvalue weighted by Crippen LogP contribution is 2.51. The van der Waals surface area contributed by atoms with E-state index < -0.39 is 5.97 Å². The summed E-state index contributed by atoms with van der Waals surface area (Å²) in [5.74, 6) is 0.881. The molecule has 1 aliphatic rings. The van der Waals surface area contributed by atoms with E-state index in [1.54, 1.807) is 18.0 Å². The second-order valence-electron chi connectivity index (χ2n) is 5.03. The summed E-state index contributed by atoms with van der Waals surface area (Å²) in [6, 6.07) is 0. The van der Waals surface area contributed by atoms with Crippen molar-refractivity contribution in [2.45, 2.75) is 31.2 Å². The zero-order valence-corrected chi connectivity index (χ0v) is 11.4. The number of aliphatic carboxylic acids is 1. The van der Waals surface area contributed by atoms with E-state index >= 15 is 0 Å². The lowest BCUT2D eigenvalue weighted by Gasteiger charge is -2.11. The van der Waals surface area contributed by atoms with E-state index in [2.05, 4.69) is 15.2 Å². The number of nitrogens with zero attached hydrogens (tertiary/aromatic N) is 4. The van der Waals surface area contributed by atoms with Gasteiger partial charge in [0.2, 0.25) is 0 Å². The minimum atomic E-state index is -0.720. The molecule has 0 atom stereocenters. The zero-order chi connectivity index (χ0) is 13.5. The summed E-state index contributed by atoms with van der Waals surface area (Å²) < 4.78 is 1.89. The molecule has 1 N–H and O–H groups in total. The molecule has 0 aromatic carbocycles. The normalized spacial score (nSPS) is 16.7. The first-order valence-electron chi connectivity index (χ1n) is 6.11. The van der Waals surface area contributed by atoms with Crippen molar-refractivity contribution in [1.82, 2.24) is 19.6 Å². The Bertz CT molecular complexity index is 636. The van der Waals surface area contributed by atoms with Crippen molar-refractivity contribution in [2.75, 3.05) is 5.75 Å². The molecule has 0 unspecified atom stereocenters. The summed E-state index contributed by atoms with van der Waals surface area (Å²) in [4.78, 5) is 15.2. The van der Waals surface area contributed by atoms with Gasteiger partial charge >= 0.3 is 5.97 Å². The molecule has 6 nitrogen and oxygen atoms in total. The molecular weight excluding hydrogens is 264 g/mol. The predicted molar refractivity (Wildman–Crippen MR) is 70.2 cm³/mol. The highest BCUT2D eigenvalue weighted by Gasteiger charge is 2.44. The maximum absolute atomic E-state index is 10.8. The van der Waals surface area contributed by atoms with Gasteiger partial charge in [0.15, 0.2) is 5.65 Å². The summed E-state index contributed by atoms with van der Waals surface area (Å²) >= 11 is 1.58. The molecule has 0 spiro atoms. The van der Waals surface area contributed by atoms with Gasteiger partial charge in [-0.3, -0.25) is 9.20 Å². The van der Waals surface area contributed by atoms with Crippen molar-refractivity contribution >= 4 is 23.4 Å². The van der Waals surface area contributed by atoms with Crippen LogP contribution in [0.4, 0.5) is 0 Å². The fourth-order valence-electron chi connectivity index (χ4n) is 2.11. The molecule has 0 radical (unpaired) electrons. The second-order valence-corrected chi connectivity index (χ2v) is 6.00. The molecule has 2 aromatic rings. The molecule has 0 aliphatic heterocycles. The Morgan fingerprint density at radius 2 is 2.32 bits per heavy atom. The Balaban J connectivity index is 1.77. The van der Waals surface area contributed by atoms with E-state index in [1.807, 2.05) is 17.5 Å². The average Bonchev–Trinajstić information content (AvgIpc) is 3.02. The molecule has 0 bridgehead atoms. The minimum Gasteiger partial charge on any atom is -0.481 e. The average molecular weight is 278 g/mol. The number of aryl methyl sites for hydroxylation is 1. The smallest absolute Gasteiger partial charge is 0.303 e. The van der Waals surface area contributed by atoms with Gasteiger partial charge in [-0.25, -0.2) is 4.98 Å². The Morgan fingerprint density at radius 1 is 1.53 bits per heavy atom. The number of rotatable bonds is 5. The van der Waals surface area contributed by atoms with Gasteiger partial charge in [0.05, 0.1) is 6.42 Å². The van der Waals surface area contributed by atoms with Gasteiger partial charge in [0.1, 0.15) is 10.9 Å². The monoisotopic (exact) mass is 278 g/mol. The third-order valence-electron chi connectivity index (χ3n) is 3.46. The molecule has 7 heteroatoms. The first-order valence-corrected chi connectivity index (χ1v) is 7.09. The van der Waals surface area contributed by atoms with Crippen LogP contribution in [0.25, 0.3) is 5.65 Å². The Kier molecular flexibility index (Phi) is 2.93. The lowest BCUT2D eigenvalue weighted by atomic mass is 10.1. The highest BCUT2D eigenvalue weighted by atomic mass is 32.2. The number of carboxylic acid groups (broad SMARTS) is 1. The molecule has 1 fully saturated rings. The standard InChI is InChI=1S/C12H14N4O2S/c1-8-14-15-10-11(13-4-5-16(8)10)19-7-12(2-3-12)6-9(17)18/h4-5H,2-3,6-7H2,1H3,(H,17,18). The first kappa shape index (κ1) is 12.4. The maximum Gasteiger partial charge on any atom is 0.303 e. The summed E-state index contributed by atoms with van der Waals surface area (Å²) in [7, 11) is 0. The molecule has 19 heavy (non-hydrogen) atoms. The number of thioether (sulfide) groups is 1. The van der Waals surface area contributed by atoms with Gasteiger partial charge in [0, 0.05) is 18.1 Å². The van der Waals surface area contributed by atoms with E-state index in [9.17, 15) is 4.79 Å². The highest BCUT2D eigenvalue weighted by molar-refractivity contribution is 7.99. The predicted octanol–water partition coefficient (Wildman–Crippen LogP) is 1.78. The van der Waals surface area contributed by atoms with Crippen molar-refractivity contribution in [1.29, 1.82) is 0 Å². The number of hydrogen-bond donors (Lipinski definition) is 1. The lowest BCUT2D eigenvalue weighted by Crippen LogP contribution is -2.11. The largest absolute Gasteiger partial charge is 0.481 e. The quantitative estimate of drug-likeness (QED) is 0.840. The second kappa shape index (κ2) is 4.48. The fourth-order valence-corrected chi connectivity index (χ4v) is 3.35. The zero-order valence-electron chi connectivity index (χ0n) is 10.5. The Hall–Kier alpha value is -1.63. The maximum atomic E-state index is 10.8. The molecule has 0 amide bonds. The number of hydrogen-bond acceptors (Lipinski definition) is 5. The topological polar surface area (TPSA) is 80.4 Å². The van der Waals surface area contributed by atoms with Crippen LogP contribution >= 0.6 is 11.8 Å². The number of aromatic nitrogens is 4. The van der Waals surface area contributed by atoms with Crippen LogP contribution in [0.1, 0.15) is 25.1 Å². The summed E-state index contributed by atoms with van der Waals surface area (Å²) in [6.07, 6.45) is 5.78. The summed E-state index contributed by atoms with van der Waals surface area (Å²) in [5.41, 5.74) is 0.705. The van der Waals surface area contributed by atoms with E-state index in [-0.39, 0.29) is 11.8 Å². The molecule has 3 rings (SSSR count). The van der Waals surface area contributed by atoms with E-state index in [1.165, 1.54) is 0 Å². The van der Waals surface area contributed by atoms with Crippen LogP contribution < -0.4 is 0 Å². The molecule has 2 aromatic heterocycles. The van der Waals surface area contributed by atoms with Gasteiger partial charge in [-0.15, -0.1) is 22.0 Å². The van der Waals surface area contributed by atoms with Crippen LogP contribution in [0.2, 0.25) is 0 Å². The Labute approximate surface area is 114 Å². The molecule has 2 heterocycles.